The predicted octanol–water partition coefficient (Wildman–Crippen LogP) is 4.29. The second kappa shape index (κ2) is 14.9. The largest absolute Gasteiger partial charge is 0.513 e. The highest BCUT2D eigenvalue weighted by atomic mass is 16.8. The summed E-state index contributed by atoms with van der Waals surface area (Å²) in [5.74, 6) is -0.970. The first-order valence-electron chi connectivity index (χ1n) is 12.0. The average molecular weight is 528 g/mol. The van der Waals surface area contributed by atoms with Crippen LogP contribution in [-0.4, -0.2) is 61.5 Å². The Kier molecular flexibility index (Phi) is 12.7. The zero-order valence-corrected chi connectivity index (χ0v) is 22.4. The van der Waals surface area contributed by atoms with Crippen LogP contribution in [0.15, 0.2) is 18.2 Å². The predicted molar refractivity (Wildman–Crippen MR) is 130 cm³/mol. The highest BCUT2D eigenvalue weighted by molar-refractivity contribution is 5.76. The number of nitrogens with two attached hydrogens (primary N) is 1. The van der Waals surface area contributed by atoms with Crippen LogP contribution < -0.4 is 15.2 Å². The molecule has 0 aliphatic carbocycles. The first kappa shape index (κ1) is 31.5. The van der Waals surface area contributed by atoms with Gasteiger partial charge in [0.25, 0.3) is 0 Å². The standard InChI is InChI=1S/C25H37NO11/c1-8-25(6,7)37-24(30)34-16(5)15(4)33-21(27)18(26)13-17-11-12-19(35-22(28)31-9-2)20(14-17)36-23(29)32-10-3/h11-12,14-16,18H,8-10,13,26H2,1-7H3/t15-,16-,18-/m0/s1. The van der Waals surface area contributed by atoms with Crippen LogP contribution in [0, 0.1) is 0 Å². The molecule has 12 heteroatoms. The molecule has 3 atom stereocenters. The Morgan fingerprint density at radius 2 is 1.38 bits per heavy atom. The summed E-state index contributed by atoms with van der Waals surface area (Å²) in [6, 6.07) is 3.16. The fourth-order valence-corrected chi connectivity index (χ4v) is 2.59. The van der Waals surface area contributed by atoms with Gasteiger partial charge in [0.1, 0.15) is 23.9 Å². The molecule has 208 valence electrons. The zero-order chi connectivity index (χ0) is 28.2. The maximum absolute atomic E-state index is 12.5. The van der Waals surface area contributed by atoms with Crippen LogP contribution in [0.25, 0.3) is 0 Å². The van der Waals surface area contributed by atoms with E-state index in [0.29, 0.717) is 12.0 Å². The van der Waals surface area contributed by atoms with Crippen molar-refractivity contribution in [3.8, 4) is 11.5 Å². The topological polar surface area (TPSA) is 159 Å². The van der Waals surface area contributed by atoms with Crippen molar-refractivity contribution in [1.82, 2.24) is 0 Å². The number of benzene rings is 1. The quantitative estimate of drug-likeness (QED) is 0.234. The Bertz CT molecular complexity index is 931. The van der Waals surface area contributed by atoms with Gasteiger partial charge in [-0.25, -0.2) is 14.4 Å². The van der Waals surface area contributed by atoms with Crippen LogP contribution in [0.5, 0.6) is 11.5 Å². The van der Waals surface area contributed by atoms with Crippen molar-refractivity contribution in [3.05, 3.63) is 23.8 Å². The van der Waals surface area contributed by atoms with Crippen molar-refractivity contribution in [2.45, 2.75) is 85.2 Å². The molecule has 1 aromatic carbocycles. The number of carbonyl (C=O) groups is 4. The van der Waals surface area contributed by atoms with E-state index in [1.807, 2.05) is 6.92 Å². The van der Waals surface area contributed by atoms with Gasteiger partial charge in [0.05, 0.1) is 13.2 Å². The van der Waals surface area contributed by atoms with E-state index in [1.54, 1.807) is 41.5 Å². The van der Waals surface area contributed by atoms with Crippen LogP contribution in [0.2, 0.25) is 0 Å². The number of rotatable bonds is 12. The molecule has 0 saturated carbocycles. The summed E-state index contributed by atoms with van der Waals surface area (Å²) < 4.78 is 35.4. The van der Waals surface area contributed by atoms with Gasteiger partial charge in [0, 0.05) is 0 Å². The maximum atomic E-state index is 12.5. The molecule has 0 aromatic heterocycles. The van der Waals surface area contributed by atoms with E-state index >= 15 is 0 Å². The van der Waals surface area contributed by atoms with E-state index in [2.05, 4.69) is 0 Å². The molecule has 0 spiro atoms. The lowest BCUT2D eigenvalue weighted by Gasteiger charge is -2.26. The minimum Gasteiger partial charge on any atom is -0.458 e. The van der Waals surface area contributed by atoms with Crippen LogP contribution in [0.4, 0.5) is 14.4 Å². The van der Waals surface area contributed by atoms with E-state index in [-0.39, 0.29) is 31.1 Å². The van der Waals surface area contributed by atoms with Crippen molar-refractivity contribution >= 4 is 24.4 Å². The maximum Gasteiger partial charge on any atom is 0.513 e. The van der Waals surface area contributed by atoms with E-state index in [9.17, 15) is 19.2 Å². The highest BCUT2D eigenvalue weighted by Crippen LogP contribution is 2.30. The third-order valence-corrected chi connectivity index (χ3v) is 5.13. The molecule has 1 aromatic rings. The minimum absolute atomic E-state index is 0.00755. The van der Waals surface area contributed by atoms with Gasteiger partial charge >= 0.3 is 24.4 Å². The van der Waals surface area contributed by atoms with Gasteiger partial charge in [-0.1, -0.05) is 13.0 Å². The van der Waals surface area contributed by atoms with Crippen LogP contribution in [0.3, 0.4) is 0 Å². The summed E-state index contributed by atoms with van der Waals surface area (Å²) in [6.45, 7) is 11.8. The molecule has 0 fully saturated rings. The molecule has 12 nitrogen and oxygen atoms in total. The SMILES string of the molecule is CCOC(=O)Oc1ccc(C[C@H](N)C(=O)O[C@@H](C)[C@H](C)OC(=O)OC(C)(C)CC)cc1OC(=O)OCC. The fourth-order valence-electron chi connectivity index (χ4n) is 2.59. The van der Waals surface area contributed by atoms with E-state index < -0.39 is 48.3 Å². The van der Waals surface area contributed by atoms with E-state index in [0.717, 1.165) is 0 Å². The van der Waals surface area contributed by atoms with Crippen molar-refractivity contribution in [2.24, 2.45) is 5.73 Å². The molecule has 37 heavy (non-hydrogen) atoms. The van der Waals surface area contributed by atoms with Crippen LogP contribution >= 0.6 is 0 Å². The van der Waals surface area contributed by atoms with Gasteiger partial charge in [0.15, 0.2) is 11.5 Å². The first-order chi connectivity index (χ1) is 17.3. The van der Waals surface area contributed by atoms with Crippen molar-refractivity contribution in [3.63, 3.8) is 0 Å². The van der Waals surface area contributed by atoms with Gasteiger partial charge in [-0.15, -0.1) is 0 Å². The lowest BCUT2D eigenvalue weighted by atomic mass is 10.1. The molecule has 1 rings (SSSR count). The van der Waals surface area contributed by atoms with Crippen molar-refractivity contribution in [1.29, 1.82) is 0 Å². The lowest BCUT2D eigenvalue weighted by Crippen LogP contribution is -2.40. The Morgan fingerprint density at radius 3 is 1.92 bits per heavy atom. The summed E-state index contributed by atoms with van der Waals surface area (Å²) >= 11 is 0. The normalized spacial score (nSPS) is 13.4. The number of ether oxygens (including phenoxy) is 7. The molecule has 0 heterocycles. The Hall–Kier alpha value is -3.54. The van der Waals surface area contributed by atoms with E-state index in [4.69, 9.17) is 38.9 Å². The Labute approximate surface area is 216 Å². The minimum atomic E-state index is -1.10. The molecule has 0 bridgehead atoms. The molecule has 0 aliphatic rings. The van der Waals surface area contributed by atoms with Gasteiger partial charge in [-0.2, -0.15) is 0 Å². The highest BCUT2D eigenvalue weighted by Gasteiger charge is 2.28. The number of esters is 1. The summed E-state index contributed by atoms with van der Waals surface area (Å²) in [7, 11) is 0. The van der Waals surface area contributed by atoms with E-state index in [1.165, 1.54) is 18.2 Å². The summed E-state index contributed by atoms with van der Waals surface area (Å²) in [5.41, 5.74) is 5.80. The van der Waals surface area contributed by atoms with Gasteiger partial charge in [0.2, 0.25) is 0 Å². The first-order valence-corrected chi connectivity index (χ1v) is 12.0. The molecule has 2 N–H and O–H groups in total. The molecular formula is C25H37NO11. The van der Waals surface area contributed by atoms with Gasteiger partial charge < -0.3 is 38.9 Å². The fraction of sp³-hybridized carbons (Fsp3) is 0.600. The Balaban J connectivity index is 2.84. The molecule has 0 saturated heterocycles. The monoisotopic (exact) mass is 527 g/mol. The average Bonchev–Trinajstić information content (AvgIpc) is 2.80. The third-order valence-electron chi connectivity index (χ3n) is 5.13. The summed E-state index contributed by atoms with van der Waals surface area (Å²) in [4.78, 5) is 48.0. The number of hydrogen-bond donors (Lipinski definition) is 1. The van der Waals surface area contributed by atoms with Crippen LogP contribution in [-0.2, 0) is 34.9 Å². The van der Waals surface area contributed by atoms with Crippen LogP contribution in [0.1, 0.15) is 60.5 Å². The number of carbonyl (C=O) groups excluding carboxylic acids is 4. The number of hydrogen-bond acceptors (Lipinski definition) is 12. The lowest BCUT2D eigenvalue weighted by molar-refractivity contribution is -0.156. The molecule has 0 aliphatic heterocycles. The third kappa shape index (κ3) is 11.4. The molecule has 0 unspecified atom stereocenters. The summed E-state index contributed by atoms with van der Waals surface area (Å²) in [5, 5.41) is 0. The summed E-state index contributed by atoms with van der Waals surface area (Å²) in [6.07, 6.45) is -3.88. The second-order valence-corrected chi connectivity index (χ2v) is 8.59. The zero-order valence-electron chi connectivity index (χ0n) is 22.4. The Morgan fingerprint density at radius 1 is 0.838 bits per heavy atom. The van der Waals surface area contributed by atoms with Crippen molar-refractivity contribution < 1.29 is 52.3 Å². The van der Waals surface area contributed by atoms with Gasteiger partial charge in [-0.05, 0) is 72.1 Å². The van der Waals surface area contributed by atoms with Crippen molar-refractivity contribution in [2.75, 3.05) is 13.2 Å². The second-order valence-electron chi connectivity index (χ2n) is 8.59. The molecular weight excluding hydrogens is 490 g/mol. The van der Waals surface area contributed by atoms with Gasteiger partial charge in [-0.3, -0.25) is 4.79 Å². The smallest absolute Gasteiger partial charge is 0.458 e. The molecule has 0 radical (unpaired) electrons. The molecule has 0 amide bonds.